The van der Waals surface area contributed by atoms with Crippen molar-refractivity contribution in [2.75, 3.05) is 113 Å². The normalized spacial score (nSPS) is 20.0. The van der Waals surface area contributed by atoms with E-state index in [1.165, 1.54) is 31.7 Å². The molecule has 3 N–H and O–H groups in total. The van der Waals surface area contributed by atoms with Crippen molar-refractivity contribution in [1.82, 2.24) is 72.7 Å². The number of sulfonamides is 3. The van der Waals surface area contributed by atoms with Crippen LogP contribution in [0.3, 0.4) is 0 Å². The minimum Gasteiger partial charge on any atom is -0.478 e. The van der Waals surface area contributed by atoms with E-state index in [-0.39, 0.29) is 35.9 Å². The van der Waals surface area contributed by atoms with Crippen LogP contribution in [0.15, 0.2) is 74.0 Å². The van der Waals surface area contributed by atoms with Crippen molar-refractivity contribution in [1.29, 1.82) is 0 Å². The molecule has 0 bridgehead atoms. The average molecular weight is 1470 g/mol. The molecule has 3 atom stereocenters. The Morgan fingerprint density at radius 3 is 0.922 bits per heavy atom. The van der Waals surface area contributed by atoms with Gasteiger partial charge in [-0.25, -0.2) is 81.2 Å². The predicted molar refractivity (Wildman–Crippen MR) is 382 cm³/mol. The summed E-state index contributed by atoms with van der Waals surface area (Å²) in [5.41, 5.74) is 13.2. The highest BCUT2D eigenvalue weighted by Gasteiger charge is 2.39. The van der Waals surface area contributed by atoms with Crippen LogP contribution in [0.4, 0.5) is 30.2 Å². The maximum atomic E-state index is 14.3. The Balaban J connectivity index is 0.000000137. The highest BCUT2D eigenvalue weighted by Crippen LogP contribution is 2.43. The summed E-state index contributed by atoms with van der Waals surface area (Å²) in [6.45, 7) is 9.92. The lowest BCUT2D eigenvalue weighted by Crippen LogP contribution is -2.43. The Bertz CT molecular complexity index is 4340. The van der Waals surface area contributed by atoms with Gasteiger partial charge in [-0.3, -0.25) is 0 Å². The summed E-state index contributed by atoms with van der Waals surface area (Å²) in [6.07, 6.45) is 19.5. The summed E-state index contributed by atoms with van der Waals surface area (Å²) in [4.78, 5) is 56.6. The van der Waals surface area contributed by atoms with Crippen LogP contribution >= 0.6 is 0 Å². The molecule has 0 radical (unpaired) electrons. The number of aromatic nitrogens is 12. The lowest BCUT2D eigenvalue weighted by molar-refractivity contribution is 0.316. The lowest BCUT2D eigenvalue weighted by atomic mass is 9.87. The first-order chi connectivity index (χ1) is 49.2. The third kappa shape index (κ3) is 15.2. The first-order valence-corrected chi connectivity index (χ1v) is 40.3. The average Bonchev–Trinajstić information content (AvgIpc) is 1.11. The molecule has 15 heterocycles. The molecule has 9 aromatic heterocycles. The van der Waals surface area contributed by atoms with E-state index in [0.29, 0.717) is 171 Å². The van der Waals surface area contributed by atoms with Gasteiger partial charge in [-0.15, -0.1) is 0 Å². The molecule has 15 rings (SSSR count). The molecular weight excluding hydrogens is 1380 g/mol. The van der Waals surface area contributed by atoms with Gasteiger partial charge in [0, 0.05) is 166 Å². The van der Waals surface area contributed by atoms with Crippen molar-refractivity contribution < 1.29 is 52.6 Å². The van der Waals surface area contributed by atoms with E-state index in [1.54, 1.807) is 19.0 Å². The Morgan fingerprint density at radius 2 is 0.686 bits per heavy atom. The monoisotopic (exact) mass is 1460 g/mol. The summed E-state index contributed by atoms with van der Waals surface area (Å²) < 4.78 is 136. The van der Waals surface area contributed by atoms with Crippen LogP contribution in [-0.4, -0.2) is 214 Å². The van der Waals surface area contributed by atoms with Crippen LogP contribution in [0.1, 0.15) is 128 Å². The van der Waals surface area contributed by atoms with Crippen molar-refractivity contribution in [2.24, 2.45) is 0 Å². The standard InChI is InChI=1S/3C23H29FN6O3S/c3*1-3-33-21-11-20(17-4-7-25-23(17)28-21)30-13-18-19(10-16(30)12-24)26-14-27-22(18)15-5-8-29(9-6-15)34(2,31)32/h3*4,7,11,14-16H,3,5-6,8-10,12-13H2,1-2H3,(H,25,28)/t2*16-;/m10./s1. The number of piperidine rings is 3. The van der Waals surface area contributed by atoms with Gasteiger partial charge >= 0.3 is 0 Å². The number of ether oxygens (including phenoxy) is 3. The minimum absolute atomic E-state index is 0.141. The molecule has 6 aliphatic rings. The zero-order chi connectivity index (χ0) is 71.6. The van der Waals surface area contributed by atoms with Gasteiger partial charge in [0.15, 0.2) is 0 Å². The van der Waals surface area contributed by atoms with E-state index in [4.69, 9.17) is 14.2 Å². The Morgan fingerprint density at radius 1 is 0.422 bits per heavy atom. The van der Waals surface area contributed by atoms with Crippen LogP contribution in [0.25, 0.3) is 33.1 Å². The van der Waals surface area contributed by atoms with Gasteiger partial charge < -0.3 is 43.9 Å². The number of aromatic amines is 3. The SMILES string of the molecule is CCOc1cc(N2Cc3c(ncnc3C3CCN(S(C)(=O)=O)CC3)CC2CF)c2cc[nH]c2n1.CCOc1cc(N2Cc3c(ncnc3C3CCN(S(C)(=O)=O)CC3)C[C@@H]2CF)c2cc[nH]c2n1.CCOc1cc(N2Cc3c(ncnc3C3CCN(S(C)(=O)=O)CC3)C[C@H]2CF)c2cc[nH]c2n1. The second-order valence-corrected chi connectivity index (χ2v) is 32.7. The van der Waals surface area contributed by atoms with E-state index < -0.39 is 50.1 Å². The smallest absolute Gasteiger partial charge is 0.217 e. The van der Waals surface area contributed by atoms with Gasteiger partial charge in [0.25, 0.3) is 0 Å². The number of halogens is 3. The fraction of sp³-hybridized carbons (Fsp3) is 0.522. The van der Waals surface area contributed by atoms with Crippen molar-refractivity contribution in [3.8, 4) is 17.6 Å². The summed E-state index contributed by atoms with van der Waals surface area (Å²) in [7, 11) is -9.60. The summed E-state index contributed by atoms with van der Waals surface area (Å²) in [5.74, 6) is 1.90. The predicted octanol–water partition coefficient (Wildman–Crippen LogP) is 8.37. The number of rotatable bonds is 18. The van der Waals surface area contributed by atoms with E-state index in [1.807, 2.05) is 75.8 Å². The Hall–Kier alpha value is -8.37. The summed E-state index contributed by atoms with van der Waals surface area (Å²) in [5, 5.41) is 2.72. The molecular formula is C69H87F3N18O9S3. The van der Waals surface area contributed by atoms with Crippen molar-refractivity contribution >= 4 is 80.2 Å². The molecule has 102 heavy (non-hydrogen) atoms. The molecule has 0 aliphatic carbocycles. The first-order valence-electron chi connectivity index (χ1n) is 34.8. The van der Waals surface area contributed by atoms with Crippen LogP contribution in [-0.2, 0) is 69.0 Å². The van der Waals surface area contributed by atoms with Gasteiger partial charge in [0.2, 0.25) is 47.7 Å². The molecule has 3 saturated heterocycles. The molecule has 0 amide bonds. The van der Waals surface area contributed by atoms with E-state index in [0.717, 1.165) is 84.1 Å². The number of hydrogen-bond donors (Lipinski definition) is 3. The number of nitrogens with one attached hydrogen (secondary N) is 3. The number of alkyl halides is 3. The van der Waals surface area contributed by atoms with Gasteiger partial charge in [-0.1, -0.05) is 0 Å². The quantitative estimate of drug-likeness (QED) is 0.0726. The van der Waals surface area contributed by atoms with Crippen molar-refractivity contribution in [2.45, 2.75) is 134 Å². The molecule has 3 fully saturated rings. The minimum atomic E-state index is -3.20. The highest BCUT2D eigenvalue weighted by molar-refractivity contribution is 7.88. The zero-order valence-electron chi connectivity index (χ0n) is 58.1. The molecule has 546 valence electrons. The van der Waals surface area contributed by atoms with Gasteiger partial charge in [0.05, 0.1) is 108 Å². The number of anilines is 3. The lowest BCUT2D eigenvalue weighted by Gasteiger charge is -2.39. The first kappa shape index (κ1) is 72.0. The second-order valence-electron chi connectivity index (χ2n) is 26.7. The van der Waals surface area contributed by atoms with Crippen molar-refractivity contribution in [3.63, 3.8) is 0 Å². The molecule has 6 aliphatic heterocycles. The largest absolute Gasteiger partial charge is 0.478 e. The van der Waals surface area contributed by atoms with E-state index in [9.17, 15) is 38.4 Å². The number of H-pyrrole nitrogens is 3. The number of fused-ring (bicyclic) bond motifs is 6. The highest BCUT2D eigenvalue weighted by atomic mass is 32.2. The van der Waals surface area contributed by atoms with Crippen LogP contribution in [0, 0.1) is 0 Å². The third-order valence-electron chi connectivity index (χ3n) is 20.5. The molecule has 0 saturated carbocycles. The molecule has 27 nitrogen and oxygen atoms in total. The fourth-order valence-electron chi connectivity index (χ4n) is 15.4. The molecule has 1 unspecified atom stereocenters. The topological polar surface area (TPSA) is 313 Å². The number of pyridine rings is 3. The summed E-state index contributed by atoms with van der Waals surface area (Å²) >= 11 is 0. The molecule has 0 spiro atoms. The number of hydrogen-bond acceptors (Lipinski definition) is 21. The Kier molecular flexibility index (Phi) is 21.5. The second kappa shape index (κ2) is 30.5. The zero-order valence-corrected chi connectivity index (χ0v) is 60.6. The van der Waals surface area contributed by atoms with Gasteiger partial charge in [-0.05, 0) is 77.5 Å². The maximum absolute atomic E-state index is 14.3. The molecule has 33 heteroatoms. The fourth-order valence-corrected chi connectivity index (χ4v) is 18.0. The number of nitrogens with zero attached hydrogens (tertiary/aromatic N) is 15. The van der Waals surface area contributed by atoms with Gasteiger partial charge in [-0.2, -0.15) is 15.0 Å². The summed E-state index contributed by atoms with van der Waals surface area (Å²) in [6, 6.07) is 10.4. The molecule has 9 aromatic rings. The van der Waals surface area contributed by atoms with Crippen LogP contribution < -0.4 is 28.9 Å². The van der Waals surface area contributed by atoms with E-state index >= 15 is 0 Å². The van der Waals surface area contributed by atoms with Gasteiger partial charge in [0.1, 0.15) is 55.9 Å². The van der Waals surface area contributed by atoms with Crippen LogP contribution in [0.2, 0.25) is 0 Å². The Labute approximate surface area is 591 Å². The molecule has 0 aromatic carbocycles. The van der Waals surface area contributed by atoms with Crippen LogP contribution in [0.5, 0.6) is 17.6 Å². The van der Waals surface area contributed by atoms with Crippen molar-refractivity contribution in [3.05, 3.63) is 125 Å². The van der Waals surface area contributed by atoms with E-state index in [2.05, 4.69) is 74.5 Å². The maximum Gasteiger partial charge on any atom is 0.217 e. The third-order valence-corrected chi connectivity index (χ3v) is 24.4.